The number of fused-ring (bicyclic) bond motifs is 1. The molecular weight excluding hydrogens is 266 g/mol. The van der Waals surface area contributed by atoms with Crippen molar-refractivity contribution in [3.05, 3.63) is 22.7 Å². The number of halogens is 1. The number of aromatic nitrogens is 2. The number of rotatable bonds is 2. The van der Waals surface area contributed by atoms with Crippen LogP contribution in [0.5, 0.6) is 11.5 Å². The molecule has 0 bridgehead atoms. The van der Waals surface area contributed by atoms with Gasteiger partial charge in [0.05, 0.1) is 10.7 Å². The Morgan fingerprint density at radius 1 is 1.42 bits per heavy atom. The quantitative estimate of drug-likeness (QED) is 0.918. The molecule has 0 spiro atoms. The molecule has 1 aromatic heterocycles. The van der Waals surface area contributed by atoms with E-state index < -0.39 is 0 Å². The number of aryl methyl sites for hydroxylation is 1. The first kappa shape index (κ1) is 12.2. The van der Waals surface area contributed by atoms with Gasteiger partial charge in [-0.25, -0.2) is 0 Å². The van der Waals surface area contributed by atoms with Gasteiger partial charge in [-0.05, 0) is 18.1 Å². The molecule has 2 aromatic rings. The molecule has 0 radical (unpaired) electrons. The molecule has 100 valence electrons. The molecule has 0 saturated heterocycles. The Kier molecular flexibility index (Phi) is 2.78. The summed E-state index contributed by atoms with van der Waals surface area (Å²) >= 11 is 6.39. The van der Waals surface area contributed by atoms with Gasteiger partial charge in [0.15, 0.2) is 11.5 Å². The van der Waals surface area contributed by atoms with Crippen LogP contribution in [0, 0.1) is 0 Å². The number of hydrogen-bond acceptors (Lipinski definition) is 4. The van der Waals surface area contributed by atoms with Crippen molar-refractivity contribution in [1.82, 2.24) is 9.78 Å². The lowest BCUT2D eigenvalue weighted by Gasteiger charge is -2.10. The number of nitrogens with zero attached hydrogens (tertiary/aromatic N) is 2. The van der Waals surface area contributed by atoms with Crippen LogP contribution in [0.2, 0.25) is 5.02 Å². The highest BCUT2D eigenvalue weighted by molar-refractivity contribution is 6.33. The summed E-state index contributed by atoms with van der Waals surface area (Å²) in [5.74, 6) is 1.87. The van der Waals surface area contributed by atoms with Crippen molar-refractivity contribution in [3.8, 4) is 22.8 Å². The summed E-state index contributed by atoms with van der Waals surface area (Å²) < 4.78 is 12.4. The van der Waals surface area contributed by atoms with E-state index in [4.69, 9.17) is 26.8 Å². The van der Waals surface area contributed by atoms with Gasteiger partial charge in [0.2, 0.25) is 6.79 Å². The van der Waals surface area contributed by atoms with Gasteiger partial charge in [-0.1, -0.05) is 18.5 Å². The number of ether oxygens (including phenoxy) is 2. The number of benzene rings is 1. The fraction of sp³-hybridized carbons (Fsp3) is 0.308. The predicted octanol–water partition coefficient (Wildman–Crippen LogP) is 2.61. The van der Waals surface area contributed by atoms with Gasteiger partial charge in [0.25, 0.3) is 0 Å². The summed E-state index contributed by atoms with van der Waals surface area (Å²) in [6.07, 6.45) is 0.779. The second-order valence-electron chi connectivity index (χ2n) is 4.38. The van der Waals surface area contributed by atoms with Crippen LogP contribution in [-0.4, -0.2) is 16.6 Å². The van der Waals surface area contributed by atoms with E-state index in [2.05, 4.69) is 5.10 Å². The van der Waals surface area contributed by atoms with Gasteiger partial charge in [0, 0.05) is 18.7 Å². The normalized spacial score (nSPS) is 13.0. The van der Waals surface area contributed by atoms with Crippen LogP contribution in [0.4, 0.5) is 5.82 Å². The van der Waals surface area contributed by atoms with Crippen molar-refractivity contribution >= 4 is 17.4 Å². The Morgan fingerprint density at radius 3 is 2.84 bits per heavy atom. The molecule has 0 atom stereocenters. The van der Waals surface area contributed by atoms with Crippen LogP contribution in [0.25, 0.3) is 11.3 Å². The SMILES string of the molecule is CCc1c(-c2cc(N)n(C)n2)cc2c(c1Cl)OCO2. The third kappa shape index (κ3) is 1.81. The lowest BCUT2D eigenvalue weighted by Crippen LogP contribution is -1.97. The number of nitrogen functional groups attached to an aromatic ring is 1. The van der Waals surface area contributed by atoms with Crippen molar-refractivity contribution in [2.45, 2.75) is 13.3 Å². The predicted molar refractivity (Wildman–Crippen MR) is 73.6 cm³/mol. The second-order valence-corrected chi connectivity index (χ2v) is 4.76. The first-order valence-electron chi connectivity index (χ1n) is 6.02. The van der Waals surface area contributed by atoms with Crippen molar-refractivity contribution in [1.29, 1.82) is 0 Å². The molecule has 0 amide bonds. The van der Waals surface area contributed by atoms with Gasteiger partial charge >= 0.3 is 0 Å². The molecule has 0 aliphatic carbocycles. The fourth-order valence-corrected chi connectivity index (χ4v) is 2.61. The van der Waals surface area contributed by atoms with E-state index in [1.807, 2.05) is 19.1 Å². The molecule has 0 fully saturated rings. The Bertz CT molecular complexity index is 632. The Hall–Kier alpha value is -1.88. The molecule has 0 saturated carbocycles. The van der Waals surface area contributed by atoms with Crippen LogP contribution in [0.1, 0.15) is 12.5 Å². The minimum Gasteiger partial charge on any atom is -0.454 e. The zero-order valence-electron chi connectivity index (χ0n) is 10.7. The maximum atomic E-state index is 6.39. The van der Waals surface area contributed by atoms with Crippen LogP contribution < -0.4 is 15.2 Å². The molecular formula is C13H14ClN3O2. The molecule has 1 aromatic carbocycles. The first-order valence-corrected chi connectivity index (χ1v) is 6.40. The lowest BCUT2D eigenvalue weighted by atomic mass is 10.0. The summed E-state index contributed by atoms with van der Waals surface area (Å²) in [6, 6.07) is 3.74. The smallest absolute Gasteiger partial charge is 0.231 e. The standard InChI is InChI=1S/C13H14ClN3O2/c1-3-7-8(9-5-11(15)17(2)16-9)4-10-13(12(7)14)19-6-18-10/h4-5H,3,6,15H2,1-2H3. The molecule has 2 N–H and O–H groups in total. The Morgan fingerprint density at radius 2 is 2.21 bits per heavy atom. The van der Waals surface area contributed by atoms with Gasteiger partial charge in [-0.2, -0.15) is 5.10 Å². The molecule has 2 heterocycles. The molecule has 6 heteroatoms. The minimum atomic E-state index is 0.200. The Balaban J connectivity index is 2.23. The van der Waals surface area contributed by atoms with E-state index >= 15 is 0 Å². The monoisotopic (exact) mass is 279 g/mol. The highest BCUT2D eigenvalue weighted by Gasteiger charge is 2.24. The van der Waals surface area contributed by atoms with Crippen LogP contribution >= 0.6 is 11.6 Å². The Labute approximate surface area is 115 Å². The summed E-state index contributed by atoms with van der Waals surface area (Å²) in [7, 11) is 1.80. The average molecular weight is 280 g/mol. The summed E-state index contributed by atoms with van der Waals surface area (Å²) in [4.78, 5) is 0. The van der Waals surface area contributed by atoms with E-state index in [1.54, 1.807) is 11.7 Å². The summed E-state index contributed by atoms with van der Waals surface area (Å²) in [5.41, 5.74) is 8.54. The highest BCUT2D eigenvalue weighted by atomic mass is 35.5. The zero-order valence-corrected chi connectivity index (χ0v) is 11.5. The van der Waals surface area contributed by atoms with Gasteiger partial charge in [-0.15, -0.1) is 0 Å². The summed E-state index contributed by atoms with van der Waals surface area (Å²) in [5, 5.41) is 4.99. The van der Waals surface area contributed by atoms with Crippen molar-refractivity contribution < 1.29 is 9.47 Å². The molecule has 19 heavy (non-hydrogen) atoms. The van der Waals surface area contributed by atoms with E-state index in [0.29, 0.717) is 22.3 Å². The maximum absolute atomic E-state index is 6.39. The number of hydrogen-bond donors (Lipinski definition) is 1. The van der Waals surface area contributed by atoms with Gasteiger partial charge < -0.3 is 15.2 Å². The second kappa shape index (κ2) is 4.35. The molecule has 5 nitrogen and oxygen atoms in total. The maximum Gasteiger partial charge on any atom is 0.231 e. The van der Waals surface area contributed by atoms with E-state index in [1.165, 1.54) is 0 Å². The number of anilines is 1. The van der Waals surface area contributed by atoms with Crippen molar-refractivity contribution in [2.24, 2.45) is 7.05 Å². The number of nitrogens with two attached hydrogens (primary N) is 1. The summed E-state index contributed by atoms with van der Waals surface area (Å²) in [6.45, 7) is 2.24. The topological polar surface area (TPSA) is 62.3 Å². The first-order chi connectivity index (χ1) is 9.11. The fourth-order valence-electron chi connectivity index (χ4n) is 2.23. The van der Waals surface area contributed by atoms with Crippen molar-refractivity contribution in [3.63, 3.8) is 0 Å². The molecule has 1 aliphatic rings. The van der Waals surface area contributed by atoms with Crippen LogP contribution in [0.15, 0.2) is 12.1 Å². The third-order valence-corrected chi connectivity index (χ3v) is 3.65. The molecule has 3 rings (SSSR count). The van der Waals surface area contributed by atoms with Gasteiger partial charge in [0.1, 0.15) is 5.82 Å². The third-order valence-electron chi connectivity index (χ3n) is 3.25. The van der Waals surface area contributed by atoms with Crippen LogP contribution in [0.3, 0.4) is 0 Å². The average Bonchev–Trinajstić information content (AvgIpc) is 2.97. The largest absolute Gasteiger partial charge is 0.454 e. The lowest BCUT2D eigenvalue weighted by molar-refractivity contribution is 0.174. The molecule has 0 unspecified atom stereocenters. The zero-order chi connectivity index (χ0) is 13.6. The van der Waals surface area contributed by atoms with E-state index in [9.17, 15) is 0 Å². The van der Waals surface area contributed by atoms with E-state index in [-0.39, 0.29) is 6.79 Å². The molecule has 1 aliphatic heterocycles. The highest BCUT2D eigenvalue weighted by Crippen LogP contribution is 2.45. The van der Waals surface area contributed by atoms with Crippen molar-refractivity contribution in [2.75, 3.05) is 12.5 Å². The van der Waals surface area contributed by atoms with E-state index in [0.717, 1.165) is 23.2 Å². The van der Waals surface area contributed by atoms with Gasteiger partial charge in [-0.3, -0.25) is 4.68 Å². The van der Waals surface area contributed by atoms with Crippen LogP contribution in [-0.2, 0) is 13.5 Å². The minimum absolute atomic E-state index is 0.200.